The van der Waals surface area contributed by atoms with Gasteiger partial charge in [0.2, 0.25) is 5.91 Å². The summed E-state index contributed by atoms with van der Waals surface area (Å²) in [4.78, 5) is 43.1. The molecule has 3 rings (SSSR count). The molecule has 3 aromatic rings. The third-order valence-electron chi connectivity index (χ3n) is 4.52. The Morgan fingerprint density at radius 3 is 2.28 bits per heavy atom. The van der Waals surface area contributed by atoms with Crippen LogP contribution in [0, 0.1) is 0 Å². The molecule has 0 unspecified atom stereocenters. The number of para-hydroxylation sites is 1. The van der Waals surface area contributed by atoms with Gasteiger partial charge in [0.15, 0.2) is 0 Å². The van der Waals surface area contributed by atoms with Gasteiger partial charge in [-0.15, -0.1) is 0 Å². The zero-order valence-electron chi connectivity index (χ0n) is 17.1. The van der Waals surface area contributed by atoms with Gasteiger partial charge in [0.05, 0.1) is 21.3 Å². The number of nitrogens with zero attached hydrogens (tertiary/aromatic N) is 2. The Morgan fingerprint density at radius 2 is 1.62 bits per heavy atom. The predicted molar refractivity (Wildman–Crippen MR) is 125 cm³/mol. The molecule has 0 saturated heterocycles. The quantitative estimate of drug-likeness (QED) is 0.521. The van der Waals surface area contributed by atoms with Crippen LogP contribution in [-0.2, 0) is 4.79 Å². The highest BCUT2D eigenvalue weighted by molar-refractivity contribution is 6.39. The standard InChI is InChI=1S/C23H20Cl2N4O3/c1-2-29(14-20(30)28-21-18(24)9-4-10-19(21)25)23(32)15-6-3-8-17(12-15)27-22(31)16-7-5-11-26-13-16/h3-13H,2,14H2,1H3,(H,27,31)(H,28,30). The highest BCUT2D eigenvalue weighted by Gasteiger charge is 2.19. The number of aromatic nitrogens is 1. The van der Waals surface area contributed by atoms with Gasteiger partial charge in [-0.25, -0.2) is 0 Å². The molecule has 2 aromatic carbocycles. The van der Waals surface area contributed by atoms with Gasteiger partial charge in [-0.05, 0) is 49.4 Å². The lowest BCUT2D eigenvalue weighted by atomic mass is 10.1. The first kappa shape index (κ1) is 23.2. The third kappa shape index (κ3) is 5.84. The van der Waals surface area contributed by atoms with Gasteiger partial charge in [0.1, 0.15) is 6.54 Å². The van der Waals surface area contributed by atoms with Crippen LogP contribution >= 0.6 is 23.2 Å². The van der Waals surface area contributed by atoms with Crippen molar-refractivity contribution in [1.82, 2.24) is 9.88 Å². The summed E-state index contributed by atoms with van der Waals surface area (Å²) >= 11 is 12.2. The minimum absolute atomic E-state index is 0.191. The molecule has 2 N–H and O–H groups in total. The SMILES string of the molecule is CCN(CC(=O)Nc1c(Cl)cccc1Cl)C(=O)c1cccc(NC(=O)c2cccnc2)c1. The van der Waals surface area contributed by atoms with Crippen LogP contribution < -0.4 is 10.6 Å². The van der Waals surface area contributed by atoms with Crippen molar-refractivity contribution in [2.45, 2.75) is 6.92 Å². The number of hydrogen-bond acceptors (Lipinski definition) is 4. The number of carbonyl (C=O) groups excluding carboxylic acids is 3. The highest BCUT2D eigenvalue weighted by atomic mass is 35.5. The molecule has 0 bridgehead atoms. The molecule has 0 radical (unpaired) electrons. The second kappa shape index (κ2) is 10.7. The number of pyridine rings is 1. The Balaban J connectivity index is 1.69. The zero-order chi connectivity index (χ0) is 23.1. The van der Waals surface area contributed by atoms with Crippen molar-refractivity contribution in [2.24, 2.45) is 0 Å². The Bertz CT molecular complexity index is 1120. The number of carbonyl (C=O) groups is 3. The average Bonchev–Trinajstić information content (AvgIpc) is 2.80. The maximum Gasteiger partial charge on any atom is 0.257 e. The molecule has 0 spiro atoms. The van der Waals surface area contributed by atoms with E-state index in [1.807, 2.05) is 0 Å². The van der Waals surface area contributed by atoms with Crippen LogP contribution in [0.25, 0.3) is 0 Å². The van der Waals surface area contributed by atoms with Gasteiger partial charge in [-0.3, -0.25) is 19.4 Å². The fourth-order valence-corrected chi connectivity index (χ4v) is 3.40. The van der Waals surface area contributed by atoms with Crippen LogP contribution in [0.5, 0.6) is 0 Å². The van der Waals surface area contributed by atoms with Crippen LogP contribution in [0.4, 0.5) is 11.4 Å². The number of anilines is 2. The Labute approximate surface area is 195 Å². The van der Waals surface area contributed by atoms with Crippen LogP contribution in [0.3, 0.4) is 0 Å². The highest BCUT2D eigenvalue weighted by Crippen LogP contribution is 2.29. The molecule has 7 nitrogen and oxygen atoms in total. The first-order valence-electron chi connectivity index (χ1n) is 9.73. The van der Waals surface area contributed by atoms with E-state index in [0.29, 0.717) is 39.1 Å². The van der Waals surface area contributed by atoms with Crippen LogP contribution in [0.1, 0.15) is 27.6 Å². The van der Waals surface area contributed by atoms with E-state index in [4.69, 9.17) is 23.2 Å². The largest absolute Gasteiger partial charge is 0.330 e. The molecule has 0 aliphatic rings. The lowest BCUT2D eigenvalue weighted by Crippen LogP contribution is -2.38. The van der Waals surface area contributed by atoms with E-state index in [9.17, 15) is 14.4 Å². The van der Waals surface area contributed by atoms with E-state index in [1.54, 1.807) is 67.7 Å². The molecule has 3 amide bonds. The Kier molecular flexibility index (Phi) is 7.81. The Morgan fingerprint density at radius 1 is 0.938 bits per heavy atom. The van der Waals surface area contributed by atoms with Crippen molar-refractivity contribution in [3.05, 3.63) is 88.2 Å². The van der Waals surface area contributed by atoms with E-state index >= 15 is 0 Å². The summed E-state index contributed by atoms with van der Waals surface area (Å²) in [7, 11) is 0. The molecule has 0 aliphatic carbocycles. The summed E-state index contributed by atoms with van der Waals surface area (Å²) in [6, 6.07) is 14.7. The second-order valence-corrected chi connectivity index (χ2v) is 7.56. The van der Waals surface area contributed by atoms with Gasteiger partial charge in [-0.2, -0.15) is 0 Å². The molecule has 1 aromatic heterocycles. The normalized spacial score (nSPS) is 10.3. The first-order valence-corrected chi connectivity index (χ1v) is 10.5. The van der Waals surface area contributed by atoms with Crippen LogP contribution in [-0.4, -0.2) is 40.7 Å². The molecule has 0 fully saturated rings. The number of halogens is 2. The second-order valence-electron chi connectivity index (χ2n) is 6.74. The lowest BCUT2D eigenvalue weighted by Gasteiger charge is -2.21. The number of likely N-dealkylation sites (N-methyl/N-ethyl adjacent to an activating group) is 1. The van der Waals surface area contributed by atoms with Gasteiger partial charge in [0, 0.05) is 30.2 Å². The molecular weight excluding hydrogens is 451 g/mol. The van der Waals surface area contributed by atoms with Gasteiger partial charge in [0.25, 0.3) is 11.8 Å². The van der Waals surface area contributed by atoms with Crippen LogP contribution in [0.2, 0.25) is 10.0 Å². The lowest BCUT2D eigenvalue weighted by molar-refractivity contribution is -0.116. The van der Waals surface area contributed by atoms with Crippen molar-refractivity contribution in [2.75, 3.05) is 23.7 Å². The van der Waals surface area contributed by atoms with E-state index < -0.39 is 5.91 Å². The monoisotopic (exact) mass is 470 g/mol. The summed E-state index contributed by atoms with van der Waals surface area (Å²) in [6.07, 6.45) is 3.03. The number of rotatable bonds is 7. The fourth-order valence-electron chi connectivity index (χ4n) is 2.91. The van der Waals surface area contributed by atoms with E-state index in [0.717, 1.165) is 0 Å². The Hall–Kier alpha value is -3.42. The number of amides is 3. The maximum absolute atomic E-state index is 13.0. The van der Waals surface area contributed by atoms with Gasteiger partial charge < -0.3 is 15.5 Å². The molecule has 0 saturated carbocycles. The molecule has 0 atom stereocenters. The summed E-state index contributed by atoms with van der Waals surface area (Å²) < 4.78 is 0. The number of hydrogen-bond donors (Lipinski definition) is 2. The van der Waals surface area contributed by atoms with Crippen molar-refractivity contribution in [1.29, 1.82) is 0 Å². The molecule has 9 heteroatoms. The molecule has 32 heavy (non-hydrogen) atoms. The smallest absolute Gasteiger partial charge is 0.257 e. The van der Waals surface area contributed by atoms with Crippen molar-refractivity contribution < 1.29 is 14.4 Å². The summed E-state index contributed by atoms with van der Waals surface area (Å²) in [5.74, 6) is -1.13. The zero-order valence-corrected chi connectivity index (χ0v) is 18.7. The van der Waals surface area contributed by atoms with E-state index in [-0.39, 0.29) is 18.4 Å². The number of nitrogens with one attached hydrogen (secondary N) is 2. The third-order valence-corrected chi connectivity index (χ3v) is 5.15. The van der Waals surface area contributed by atoms with Crippen LogP contribution in [0.15, 0.2) is 67.0 Å². The molecular formula is C23H20Cl2N4O3. The molecule has 1 heterocycles. The summed E-state index contributed by atoms with van der Waals surface area (Å²) in [5.41, 5.74) is 1.48. The topological polar surface area (TPSA) is 91.4 Å². The molecule has 164 valence electrons. The maximum atomic E-state index is 13.0. The van der Waals surface area contributed by atoms with Crippen molar-refractivity contribution >= 4 is 52.3 Å². The first-order chi connectivity index (χ1) is 15.4. The molecule has 0 aliphatic heterocycles. The summed E-state index contributed by atoms with van der Waals surface area (Å²) in [6.45, 7) is 1.87. The van der Waals surface area contributed by atoms with Gasteiger partial charge in [-0.1, -0.05) is 35.3 Å². The number of benzene rings is 2. The predicted octanol–water partition coefficient (Wildman–Crippen LogP) is 4.74. The van der Waals surface area contributed by atoms with Gasteiger partial charge >= 0.3 is 0 Å². The fraction of sp³-hybridized carbons (Fsp3) is 0.130. The summed E-state index contributed by atoms with van der Waals surface area (Å²) in [5, 5.41) is 5.99. The van der Waals surface area contributed by atoms with E-state index in [2.05, 4.69) is 15.6 Å². The minimum Gasteiger partial charge on any atom is -0.330 e. The minimum atomic E-state index is -0.434. The van der Waals surface area contributed by atoms with E-state index in [1.165, 1.54) is 11.1 Å². The van der Waals surface area contributed by atoms with Crippen molar-refractivity contribution in [3.63, 3.8) is 0 Å². The van der Waals surface area contributed by atoms with Crippen molar-refractivity contribution in [3.8, 4) is 0 Å². The average molecular weight is 471 g/mol.